The van der Waals surface area contributed by atoms with Gasteiger partial charge >= 0.3 is 7.12 Å². The summed E-state index contributed by atoms with van der Waals surface area (Å²) >= 11 is 6.09. The van der Waals surface area contributed by atoms with Crippen LogP contribution in [0.15, 0.2) is 18.2 Å². The van der Waals surface area contributed by atoms with Gasteiger partial charge in [0, 0.05) is 11.6 Å². The average Bonchev–Trinajstić information content (AvgIpc) is 2.73. The van der Waals surface area contributed by atoms with E-state index in [2.05, 4.69) is 4.90 Å². The summed E-state index contributed by atoms with van der Waals surface area (Å²) in [5.41, 5.74) is 1.47. The molecule has 0 atom stereocenters. The summed E-state index contributed by atoms with van der Waals surface area (Å²) in [4.78, 5) is 2.33. The first kappa shape index (κ1) is 11.9. The molecule has 0 unspecified atom stereocenters. The molecule has 86 valence electrons. The van der Waals surface area contributed by atoms with Crippen LogP contribution >= 0.6 is 11.6 Å². The lowest BCUT2D eigenvalue weighted by molar-refractivity contribution is 0.331. The molecule has 1 aliphatic heterocycles. The minimum atomic E-state index is -1.42. The summed E-state index contributed by atoms with van der Waals surface area (Å²) in [5, 5.41) is 18.9. The lowest BCUT2D eigenvalue weighted by Gasteiger charge is -2.16. The molecular formula is C11H15BClNO2. The van der Waals surface area contributed by atoms with Crippen molar-refractivity contribution >= 4 is 24.2 Å². The predicted molar refractivity (Wildman–Crippen MR) is 65.8 cm³/mol. The lowest BCUT2D eigenvalue weighted by Crippen LogP contribution is -2.30. The normalized spacial score (nSPS) is 16.7. The quantitative estimate of drug-likeness (QED) is 0.760. The summed E-state index contributed by atoms with van der Waals surface area (Å²) in [7, 11) is -1.42. The van der Waals surface area contributed by atoms with Crippen molar-refractivity contribution in [2.45, 2.75) is 19.4 Å². The van der Waals surface area contributed by atoms with Crippen molar-refractivity contribution in [3.05, 3.63) is 28.8 Å². The fourth-order valence-electron chi connectivity index (χ4n) is 2.06. The van der Waals surface area contributed by atoms with Crippen LogP contribution in [0.2, 0.25) is 5.02 Å². The average molecular weight is 240 g/mol. The van der Waals surface area contributed by atoms with Crippen LogP contribution in [0.4, 0.5) is 0 Å². The maximum absolute atomic E-state index is 9.10. The molecule has 0 saturated carbocycles. The van der Waals surface area contributed by atoms with Crippen molar-refractivity contribution in [2.75, 3.05) is 13.1 Å². The number of hydrogen-bond donors (Lipinski definition) is 2. The molecule has 5 heteroatoms. The van der Waals surface area contributed by atoms with Crippen LogP contribution < -0.4 is 5.46 Å². The number of nitrogens with zero attached hydrogens (tertiary/aromatic N) is 1. The fraction of sp³-hybridized carbons (Fsp3) is 0.455. The van der Waals surface area contributed by atoms with E-state index in [-0.39, 0.29) is 0 Å². The number of hydrogen-bond acceptors (Lipinski definition) is 3. The Kier molecular flexibility index (Phi) is 3.87. The maximum atomic E-state index is 9.10. The monoisotopic (exact) mass is 239 g/mol. The topological polar surface area (TPSA) is 43.7 Å². The highest BCUT2D eigenvalue weighted by Gasteiger charge is 2.16. The molecule has 1 saturated heterocycles. The van der Waals surface area contributed by atoms with Gasteiger partial charge in [0.25, 0.3) is 0 Å². The van der Waals surface area contributed by atoms with Crippen molar-refractivity contribution < 1.29 is 10.0 Å². The van der Waals surface area contributed by atoms with Crippen molar-refractivity contribution in [1.82, 2.24) is 4.90 Å². The Labute approximate surface area is 101 Å². The number of halogens is 1. The molecule has 1 aliphatic rings. The third kappa shape index (κ3) is 2.77. The van der Waals surface area contributed by atoms with Crippen LogP contribution in [0.3, 0.4) is 0 Å². The highest BCUT2D eigenvalue weighted by Crippen LogP contribution is 2.19. The predicted octanol–water partition coefficient (Wildman–Crippen LogP) is 0.616. The summed E-state index contributed by atoms with van der Waals surface area (Å²) in [6.45, 7) is 2.99. The molecule has 16 heavy (non-hydrogen) atoms. The highest BCUT2D eigenvalue weighted by molar-refractivity contribution is 6.58. The molecule has 0 bridgehead atoms. The molecule has 3 nitrogen and oxygen atoms in total. The maximum Gasteiger partial charge on any atom is 0.488 e. The van der Waals surface area contributed by atoms with Gasteiger partial charge in [0.2, 0.25) is 0 Å². The molecule has 0 aliphatic carbocycles. The van der Waals surface area contributed by atoms with E-state index in [4.69, 9.17) is 21.6 Å². The molecule has 1 aromatic carbocycles. The Morgan fingerprint density at radius 1 is 1.25 bits per heavy atom. The summed E-state index contributed by atoms with van der Waals surface area (Å²) in [5.74, 6) is 0. The van der Waals surface area contributed by atoms with E-state index in [0.717, 1.165) is 25.2 Å². The van der Waals surface area contributed by atoms with Gasteiger partial charge in [0.1, 0.15) is 0 Å². The molecule has 0 radical (unpaired) electrons. The van der Waals surface area contributed by atoms with Gasteiger partial charge in [0.15, 0.2) is 0 Å². The minimum Gasteiger partial charge on any atom is -0.423 e. The number of likely N-dealkylation sites (tertiary alicyclic amines) is 1. The SMILES string of the molecule is OB(O)c1ccc(Cl)c(CN2CCCC2)c1. The van der Waals surface area contributed by atoms with Crippen LogP contribution in [-0.2, 0) is 6.54 Å². The van der Waals surface area contributed by atoms with Crippen LogP contribution in [0.25, 0.3) is 0 Å². The second kappa shape index (κ2) is 5.19. The molecular weight excluding hydrogens is 224 g/mol. The summed E-state index contributed by atoms with van der Waals surface area (Å²) < 4.78 is 0. The Balaban J connectivity index is 2.14. The van der Waals surface area contributed by atoms with Gasteiger partial charge in [-0.3, -0.25) is 4.90 Å². The zero-order valence-electron chi connectivity index (χ0n) is 9.06. The number of rotatable bonds is 3. The van der Waals surface area contributed by atoms with E-state index in [1.807, 2.05) is 0 Å². The van der Waals surface area contributed by atoms with E-state index < -0.39 is 7.12 Å². The molecule has 0 aromatic heterocycles. The largest absolute Gasteiger partial charge is 0.488 e. The Hall–Kier alpha value is -0.545. The fourth-order valence-corrected chi connectivity index (χ4v) is 2.24. The van der Waals surface area contributed by atoms with Gasteiger partial charge < -0.3 is 10.0 Å². The molecule has 1 fully saturated rings. The van der Waals surface area contributed by atoms with Gasteiger partial charge in [0.05, 0.1) is 0 Å². The molecule has 1 aromatic rings. The Morgan fingerprint density at radius 2 is 1.94 bits per heavy atom. The van der Waals surface area contributed by atoms with E-state index in [1.165, 1.54) is 12.8 Å². The van der Waals surface area contributed by atoms with E-state index in [9.17, 15) is 0 Å². The van der Waals surface area contributed by atoms with Crippen molar-refractivity contribution in [3.8, 4) is 0 Å². The van der Waals surface area contributed by atoms with Gasteiger partial charge in [-0.15, -0.1) is 0 Å². The van der Waals surface area contributed by atoms with Gasteiger partial charge in [-0.2, -0.15) is 0 Å². The van der Waals surface area contributed by atoms with E-state index in [1.54, 1.807) is 18.2 Å². The number of benzene rings is 1. The van der Waals surface area contributed by atoms with Crippen molar-refractivity contribution in [1.29, 1.82) is 0 Å². The molecule has 2 rings (SSSR count). The highest BCUT2D eigenvalue weighted by atomic mass is 35.5. The van der Waals surface area contributed by atoms with Gasteiger partial charge in [-0.05, 0) is 43.0 Å². The summed E-state index contributed by atoms with van der Waals surface area (Å²) in [6, 6.07) is 5.13. The third-order valence-electron chi connectivity index (χ3n) is 2.96. The minimum absolute atomic E-state index is 0.499. The van der Waals surface area contributed by atoms with Crippen molar-refractivity contribution in [2.24, 2.45) is 0 Å². The molecule has 0 amide bonds. The third-order valence-corrected chi connectivity index (χ3v) is 3.33. The molecule has 1 heterocycles. The second-order valence-electron chi connectivity index (χ2n) is 4.21. The van der Waals surface area contributed by atoms with Crippen molar-refractivity contribution in [3.63, 3.8) is 0 Å². The summed E-state index contributed by atoms with van der Waals surface area (Å²) in [6.07, 6.45) is 2.47. The first-order valence-electron chi connectivity index (χ1n) is 5.53. The molecule has 2 N–H and O–H groups in total. The standard InChI is InChI=1S/C11H15BClNO2/c13-11-4-3-10(12(15)16)7-9(11)8-14-5-1-2-6-14/h3-4,7,15-16H,1-2,5-6,8H2. The Bertz CT molecular complexity index is 367. The van der Waals surface area contributed by atoms with E-state index >= 15 is 0 Å². The van der Waals surface area contributed by atoms with Crippen LogP contribution in [0, 0.1) is 0 Å². The van der Waals surface area contributed by atoms with Gasteiger partial charge in [-0.25, -0.2) is 0 Å². The first-order chi connectivity index (χ1) is 7.66. The Morgan fingerprint density at radius 3 is 2.56 bits per heavy atom. The van der Waals surface area contributed by atoms with Gasteiger partial charge in [-0.1, -0.05) is 23.7 Å². The first-order valence-corrected chi connectivity index (χ1v) is 5.91. The van der Waals surface area contributed by atoms with Crippen LogP contribution in [-0.4, -0.2) is 35.2 Å². The smallest absolute Gasteiger partial charge is 0.423 e. The lowest BCUT2D eigenvalue weighted by atomic mass is 9.79. The van der Waals surface area contributed by atoms with E-state index in [0.29, 0.717) is 10.5 Å². The zero-order chi connectivity index (χ0) is 11.5. The zero-order valence-corrected chi connectivity index (χ0v) is 9.82. The second-order valence-corrected chi connectivity index (χ2v) is 4.61. The van der Waals surface area contributed by atoms with Crippen LogP contribution in [0.5, 0.6) is 0 Å². The molecule has 0 spiro atoms. The van der Waals surface area contributed by atoms with Crippen LogP contribution in [0.1, 0.15) is 18.4 Å².